The zero-order chi connectivity index (χ0) is 11.8. The molecule has 17 heavy (non-hydrogen) atoms. The van der Waals surface area contributed by atoms with E-state index in [1.54, 1.807) is 0 Å². The zero-order valence-electron chi connectivity index (χ0n) is 10.4. The summed E-state index contributed by atoms with van der Waals surface area (Å²) < 4.78 is 2.01. The predicted molar refractivity (Wildman–Crippen MR) is 66.9 cm³/mol. The van der Waals surface area contributed by atoms with Crippen molar-refractivity contribution in [3.05, 3.63) is 29.2 Å². The molecule has 2 aromatic heterocycles. The first-order valence-corrected chi connectivity index (χ1v) is 6.31. The lowest BCUT2D eigenvalue weighted by atomic mass is 10.1. The summed E-state index contributed by atoms with van der Waals surface area (Å²) >= 11 is 0. The summed E-state index contributed by atoms with van der Waals surface area (Å²) in [6, 6.07) is 4.18. The molecule has 4 nitrogen and oxygen atoms in total. The number of nitrogens with one attached hydrogen (secondary N) is 1. The molecule has 0 aliphatic carbocycles. The maximum Gasteiger partial charge on any atom is 0.154 e. The summed E-state index contributed by atoms with van der Waals surface area (Å²) in [5.74, 6) is 0.637. The molecule has 1 aliphatic heterocycles. The van der Waals surface area contributed by atoms with Gasteiger partial charge in [-0.1, -0.05) is 13.8 Å². The van der Waals surface area contributed by atoms with E-state index in [9.17, 15) is 0 Å². The molecular formula is C13H18N4. The van der Waals surface area contributed by atoms with Gasteiger partial charge in [-0.3, -0.25) is 0 Å². The van der Waals surface area contributed by atoms with Crippen LogP contribution in [0.25, 0.3) is 5.65 Å². The van der Waals surface area contributed by atoms with Gasteiger partial charge in [-0.05, 0) is 24.5 Å². The second-order valence-corrected chi connectivity index (χ2v) is 5.12. The van der Waals surface area contributed by atoms with E-state index < -0.39 is 0 Å². The highest BCUT2D eigenvalue weighted by molar-refractivity contribution is 5.42. The zero-order valence-corrected chi connectivity index (χ0v) is 10.4. The Balaban J connectivity index is 2.08. The molecule has 3 rings (SSSR count). The van der Waals surface area contributed by atoms with Crippen molar-refractivity contribution in [2.45, 2.75) is 33.2 Å². The predicted octanol–water partition coefficient (Wildman–Crippen LogP) is 1.57. The van der Waals surface area contributed by atoms with Crippen LogP contribution in [-0.4, -0.2) is 21.1 Å². The topological polar surface area (TPSA) is 42.2 Å². The van der Waals surface area contributed by atoms with Crippen molar-refractivity contribution in [1.82, 2.24) is 19.9 Å². The summed E-state index contributed by atoms with van der Waals surface area (Å²) in [5.41, 5.74) is 4.57. The van der Waals surface area contributed by atoms with E-state index in [4.69, 9.17) is 5.10 Å². The minimum atomic E-state index is 0.637. The number of imidazole rings is 1. The normalized spacial score (nSPS) is 15.5. The van der Waals surface area contributed by atoms with Crippen molar-refractivity contribution in [2.75, 3.05) is 6.54 Å². The van der Waals surface area contributed by atoms with Gasteiger partial charge in [0.2, 0.25) is 0 Å². The average molecular weight is 230 g/mol. The van der Waals surface area contributed by atoms with Gasteiger partial charge in [-0.25, -0.2) is 9.50 Å². The molecule has 0 bridgehead atoms. The molecule has 1 N–H and O–H groups in total. The van der Waals surface area contributed by atoms with Crippen LogP contribution in [0.5, 0.6) is 0 Å². The number of rotatable bonds is 2. The molecule has 0 saturated carbocycles. The molecule has 0 radical (unpaired) electrons. The van der Waals surface area contributed by atoms with E-state index in [1.165, 1.54) is 11.4 Å². The van der Waals surface area contributed by atoms with Gasteiger partial charge >= 0.3 is 0 Å². The van der Waals surface area contributed by atoms with Crippen LogP contribution in [-0.2, 0) is 19.4 Å². The third kappa shape index (κ3) is 1.93. The van der Waals surface area contributed by atoms with Crippen LogP contribution in [0.2, 0.25) is 0 Å². The number of hydrogen-bond donors (Lipinski definition) is 1. The van der Waals surface area contributed by atoms with Crippen LogP contribution in [0, 0.1) is 5.92 Å². The van der Waals surface area contributed by atoms with Crippen molar-refractivity contribution < 1.29 is 0 Å². The lowest BCUT2D eigenvalue weighted by Gasteiger charge is -2.12. The van der Waals surface area contributed by atoms with Crippen LogP contribution in [0.1, 0.15) is 30.9 Å². The molecule has 0 saturated heterocycles. The highest BCUT2D eigenvalue weighted by Crippen LogP contribution is 2.16. The Hall–Kier alpha value is -1.42. The van der Waals surface area contributed by atoms with Gasteiger partial charge in [0.25, 0.3) is 0 Å². The van der Waals surface area contributed by atoms with Crippen LogP contribution in [0.3, 0.4) is 0 Å². The highest BCUT2D eigenvalue weighted by Gasteiger charge is 2.16. The van der Waals surface area contributed by atoms with Crippen LogP contribution in [0.4, 0.5) is 0 Å². The molecule has 0 atom stereocenters. The lowest BCUT2D eigenvalue weighted by molar-refractivity contribution is 0.596. The Morgan fingerprint density at radius 3 is 3.12 bits per heavy atom. The monoisotopic (exact) mass is 230 g/mol. The minimum absolute atomic E-state index is 0.637. The van der Waals surface area contributed by atoms with Gasteiger partial charge in [0.15, 0.2) is 5.65 Å². The van der Waals surface area contributed by atoms with Gasteiger partial charge in [0.1, 0.15) is 0 Å². The van der Waals surface area contributed by atoms with Gasteiger partial charge < -0.3 is 5.32 Å². The first kappa shape index (κ1) is 10.7. The minimum Gasteiger partial charge on any atom is -0.311 e. The van der Waals surface area contributed by atoms with Crippen molar-refractivity contribution in [3.63, 3.8) is 0 Å². The number of aromatic nitrogens is 3. The third-order valence-electron chi connectivity index (χ3n) is 3.16. The number of fused-ring (bicyclic) bond motifs is 3. The van der Waals surface area contributed by atoms with E-state index in [0.717, 1.165) is 37.3 Å². The Labute approximate surface area is 101 Å². The molecule has 0 fully saturated rings. The Bertz CT molecular complexity index is 542. The van der Waals surface area contributed by atoms with E-state index in [-0.39, 0.29) is 0 Å². The van der Waals surface area contributed by atoms with Crippen LogP contribution >= 0.6 is 0 Å². The summed E-state index contributed by atoms with van der Waals surface area (Å²) in [7, 11) is 0. The smallest absolute Gasteiger partial charge is 0.154 e. The van der Waals surface area contributed by atoms with E-state index >= 15 is 0 Å². The van der Waals surface area contributed by atoms with Crippen LogP contribution in [0.15, 0.2) is 12.1 Å². The molecule has 0 amide bonds. The van der Waals surface area contributed by atoms with Crippen molar-refractivity contribution in [3.8, 4) is 0 Å². The fraction of sp³-hybridized carbons (Fsp3) is 0.538. The number of nitrogens with zero attached hydrogens (tertiary/aromatic N) is 3. The second kappa shape index (κ2) is 4.11. The molecular weight excluding hydrogens is 212 g/mol. The molecule has 1 aliphatic rings. The summed E-state index contributed by atoms with van der Waals surface area (Å²) in [4.78, 5) is 4.63. The first-order valence-electron chi connectivity index (χ1n) is 6.31. The standard InChI is InChI=1S/C13H18N4/c1-9(2)7-10-3-4-13-15-11-5-6-14-8-12(11)17(13)16-10/h3-4,9,14H,5-8H2,1-2H3. The van der Waals surface area contributed by atoms with Crippen molar-refractivity contribution in [1.29, 1.82) is 0 Å². The maximum atomic E-state index is 4.70. The van der Waals surface area contributed by atoms with Gasteiger partial charge in [0.05, 0.1) is 17.1 Å². The number of hydrogen-bond acceptors (Lipinski definition) is 3. The summed E-state index contributed by atoms with van der Waals surface area (Å²) in [5, 5.41) is 8.08. The second-order valence-electron chi connectivity index (χ2n) is 5.12. The van der Waals surface area contributed by atoms with E-state index in [1.807, 2.05) is 4.52 Å². The van der Waals surface area contributed by atoms with Gasteiger partial charge in [-0.2, -0.15) is 5.10 Å². The third-order valence-corrected chi connectivity index (χ3v) is 3.16. The Morgan fingerprint density at radius 1 is 1.41 bits per heavy atom. The molecule has 3 heterocycles. The van der Waals surface area contributed by atoms with Gasteiger partial charge in [0, 0.05) is 19.5 Å². The fourth-order valence-corrected chi connectivity index (χ4v) is 2.38. The molecule has 2 aromatic rings. The Morgan fingerprint density at radius 2 is 2.29 bits per heavy atom. The molecule has 0 unspecified atom stereocenters. The maximum absolute atomic E-state index is 4.70. The molecule has 4 heteroatoms. The highest BCUT2D eigenvalue weighted by atomic mass is 15.3. The SMILES string of the molecule is CC(C)Cc1ccc2nc3c(n2n1)CNCC3. The van der Waals surface area contributed by atoms with Crippen molar-refractivity contribution >= 4 is 5.65 Å². The lowest BCUT2D eigenvalue weighted by Crippen LogP contribution is -2.24. The molecule has 0 spiro atoms. The average Bonchev–Trinajstić information content (AvgIpc) is 2.66. The molecule has 90 valence electrons. The van der Waals surface area contributed by atoms with Gasteiger partial charge in [-0.15, -0.1) is 0 Å². The first-order chi connectivity index (χ1) is 8.24. The summed E-state index contributed by atoms with van der Waals surface area (Å²) in [6.45, 7) is 6.35. The quantitative estimate of drug-likeness (QED) is 0.851. The Kier molecular flexibility index (Phi) is 2.59. The van der Waals surface area contributed by atoms with Crippen LogP contribution < -0.4 is 5.32 Å². The van der Waals surface area contributed by atoms with E-state index in [0.29, 0.717) is 5.92 Å². The fourth-order valence-electron chi connectivity index (χ4n) is 2.38. The van der Waals surface area contributed by atoms with E-state index in [2.05, 4.69) is 36.3 Å². The summed E-state index contributed by atoms with van der Waals surface area (Å²) in [6.07, 6.45) is 2.04. The molecule has 0 aromatic carbocycles. The largest absolute Gasteiger partial charge is 0.311 e. The van der Waals surface area contributed by atoms with Crippen molar-refractivity contribution in [2.24, 2.45) is 5.92 Å².